The van der Waals surface area contributed by atoms with Crippen molar-refractivity contribution in [3.05, 3.63) is 114 Å². The van der Waals surface area contributed by atoms with Crippen LogP contribution in [0.4, 0.5) is 0 Å². The van der Waals surface area contributed by atoms with Crippen molar-refractivity contribution >= 4 is 5.57 Å². The third-order valence-electron chi connectivity index (χ3n) is 7.76. The second-order valence-corrected chi connectivity index (χ2v) is 13.2. The topological polar surface area (TPSA) is 27.7 Å². The molecule has 3 nitrogen and oxygen atoms in total. The van der Waals surface area contributed by atoms with Crippen LogP contribution in [-0.4, -0.2) is 19.5 Å². The number of hydrogen-bond donors (Lipinski definition) is 0. The Morgan fingerprint density at radius 2 is 1.38 bits per heavy atom. The molecule has 0 saturated carbocycles. The quantitative estimate of drug-likeness (QED) is 0.110. The summed E-state index contributed by atoms with van der Waals surface area (Å²) < 4.78 is 19.0. The maximum absolute atomic E-state index is 6.57. The molecule has 0 aromatic heterocycles. The molecule has 0 aliphatic heterocycles. The van der Waals surface area contributed by atoms with Gasteiger partial charge in [0.05, 0.1) is 12.0 Å². The first-order valence-corrected chi connectivity index (χ1v) is 15.4. The molecule has 2 unspecified atom stereocenters. The molecule has 2 atom stereocenters. The van der Waals surface area contributed by atoms with Gasteiger partial charge in [-0.1, -0.05) is 107 Å². The van der Waals surface area contributed by atoms with E-state index in [0.717, 1.165) is 23.5 Å². The number of allylic oxidation sites excluding steroid dienone is 4. The number of benzene rings is 3. The Kier molecular flexibility index (Phi) is 12.1. The lowest BCUT2D eigenvalue weighted by Gasteiger charge is -2.35. The Bertz CT molecular complexity index is 1260. The largest absolute Gasteiger partial charge is 0.491 e. The lowest BCUT2D eigenvalue weighted by atomic mass is 9.76. The average molecular weight is 569 g/mol. The van der Waals surface area contributed by atoms with Crippen LogP contribution in [0.1, 0.15) is 91.3 Å². The molecule has 0 N–H and O–H groups in total. The van der Waals surface area contributed by atoms with Crippen molar-refractivity contribution in [3.63, 3.8) is 0 Å². The minimum absolute atomic E-state index is 0.273. The molecule has 0 amide bonds. The van der Waals surface area contributed by atoms with E-state index >= 15 is 0 Å². The second kappa shape index (κ2) is 15.3. The van der Waals surface area contributed by atoms with Gasteiger partial charge in [0.15, 0.2) is 0 Å². The lowest BCUT2D eigenvalue weighted by molar-refractivity contribution is -0.125. The fourth-order valence-corrected chi connectivity index (χ4v) is 5.31. The van der Waals surface area contributed by atoms with Crippen molar-refractivity contribution in [2.75, 3.05) is 13.2 Å². The zero-order chi connectivity index (χ0) is 30.8. The molecule has 0 fully saturated rings. The van der Waals surface area contributed by atoms with Gasteiger partial charge in [-0.3, -0.25) is 0 Å². The van der Waals surface area contributed by atoms with Crippen molar-refractivity contribution in [1.82, 2.24) is 0 Å². The van der Waals surface area contributed by atoms with Gasteiger partial charge in [-0.05, 0) is 97.9 Å². The molecule has 0 bridgehead atoms. The van der Waals surface area contributed by atoms with E-state index in [2.05, 4.69) is 134 Å². The lowest BCUT2D eigenvalue weighted by Crippen LogP contribution is -2.41. The number of rotatable bonds is 14. The van der Waals surface area contributed by atoms with Gasteiger partial charge in [0.25, 0.3) is 0 Å². The van der Waals surface area contributed by atoms with Gasteiger partial charge in [-0.25, -0.2) is 0 Å². The van der Waals surface area contributed by atoms with Crippen LogP contribution in [0.5, 0.6) is 11.5 Å². The molecule has 3 rings (SSSR count). The first-order chi connectivity index (χ1) is 19.9. The predicted molar refractivity (Wildman–Crippen MR) is 178 cm³/mol. The summed E-state index contributed by atoms with van der Waals surface area (Å²) in [7, 11) is 0. The van der Waals surface area contributed by atoms with Crippen molar-refractivity contribution in [2.24, 2.45) is 11.3 Å². The molecule has 0 heterocycles. The first kappa shape index (κ1) is 33.2. The van der Waals surface area contributed by atoms with Gasteiger partial charge in [0.1, 0.15) is 18.1 Å². The molecule has 3 aromatic rings. The van der Waals surface area contributed by atoms with Gasteiger partial charge in [-0.15, -0.1) is 0 Å². The van der Waals surface area contributed by atoms with Crippen LogP contribution in [0, 0.1) is 11.3 Å². The first-order valence-electron chi connectivity index (χ1n) is 15.4. The summed E-state index contributed by atoms with van der Waals surface area (Å²) in [5, 5.41) is 0. The third kappa shape index (κ3) is 9.63. The van der Waals surface area contributed by atoms with Crippen LogP contribution in [-0.2, 0) is 10.2 Å². The van der Waals surface area contributed by atoms with Crippen LogP contribution in [0.2, 0.25) is 0 Å². The molecule has 0 aliphatic carbocycles. The maximum atomic E-state index is 6.57. The SMILES string of the molecule is C/C=C\C(=C/C)c1ccc(OCCOC(Oc2ccc(C(CC(C)(C)C)C(C)C)cc2)C(C)(C)c2ccccc2)cc1. The normalized spacial score (nSPS) is 14.3. The molecular formula is C39H52O3. The summed E-state index contributed by atoms with van der Waals surface area (Å²) in [5.41, 5.74) is 4.77. The molecule has 0 saturated heterocycles. The highest BCUT2D eigenvalue weighted by atomic mass is 16.7. The average Bonchev–Trinajstić information content (AvgIpc) is 2.97. The summed E-state index contributed by atoms with van der Waals surface area (Å²) in [5.74, 6) is 2.71. The van der Waals surface area contributed by atoms with Crippen LogP contribution < -0.4 is 9.47 Å². The van der Waals surface area contributed by atoms with E-state index in [4.69, 9.17) is 14.2 Å². The molecular weight excluding hydrogens is 516 g/mol. The van der Waals surface area contributed by atoms with E-state index in [0.29, 0.717) is 25.0 Å². The third-order valence-corrected chi connectivity index (χ3v) is 7.76. The number of hydrogen-bond acceptors (Lipinski definition) is 3. The Balaban J connectivity index is 1.71. The standard InChI is InChI=1S/C39H52O3/c1-10-15-30(11-2)31-18-22-34(23-19-31)40-26-27-41-37(39(8,9)33-16-13-12-14-17-33)42-35-24-20-32(21-25-35)36(29(3)4)28-38(5,6)7/h10-25,29,36-37H,26-28H2,1-9H3/b15-10-,30-11+. The van der Waals surface area contributed by atoms with E-state index in [9.17, 15) is 0 Å². The Morgan fingerprint density at radius 1 is 0.762 bits per heavy atom. The van der Waals surface area contributed by atoms with Crippen molar-refractivity contribution < 1.29 is 14.2 Å². The highest BCUT2D eigenvalue weighted by Gasteiger charge is 2.34. The molecule has 0 radical (unpaired) electrons. The van der Waals surface area contributed by atoms with Crippen molar-refractivity contribution in [2.45, 2.75) is 86.4 Å². The zero-order valence-electron chi connectivity index (χ0n) is 27.3. The van der Waals surface area contributed by atoms with Crippen molar-refractivity contribution in [3.8, 4) is 11.5 Å². The molecule has 0 aliphatic rings. The fraction of sp³-hybridized carbons (Fsp3) is 0.436. The van der Waals surface area contributed by atoms with Crippen LogP contribution in [0.25, 0.3) is 5.57 Å². The molecule has 0 spiro atoms. The van der Waals surface area contributed by atoms with E-state index in [-0.39, 0.29) is 10.8 Å². The van der Waals surface area contributed by atoms with Gasteiger partial charge in [0, 0.05) is 0 Å². The number of ether oxygens (including phenoxy) is 3. The summed E-state index contributed by atoms with van der Waals surface area (Å²) in [6.07, 6.45) is 6.93. The van der Waals surface area contributed by atoms with E-state index in [1.807, 2.05) is 25.1 Å². The van der Waals surface area contributed by atoms with Crippen LogP contribution >= 0.6 is 0 Å². The van der Waals surface area contributed by atoms with E-state index < -0.39 is 6.29 Å². The maximum Gasteiger partial charge on any atom is 0.209 e. The zero-order valence-corrected chi connectivity index (χ0v) is 27.3. The minimum atomic E-state index is -0.495. The van der Waals surface area contributed by atoms with Crippen LogP contribution in [0.15, 0.2) is 97.1 Å². The molecule has 3 heteroatoms. The minimum Gasteiger partial charge on any atom is -0.491 e. The summed E-state index contributed by atoms with van der Waals surface area (Å²) in [6, 6.07) is 27.3. The monoisotopic (exact) mass is 568 g/mol. The van der Waals surface area contributed by atoms with Crippen LogP contribution in [0.3, 0.4) is 0 Å². The van der Waals surface area contributed by atoms with Gasteiger partial charge in [-0.2, -0.15) is 0 Å². The highest BCUT2D eigenvalue weighted by Crippen LogP contribution is 2.37. The van der Waals surface area contributed by atoms with Crippen molar-refractivity contribution in [1.29, 1.82) is 0 Å². The Labute approximate surface area is 255 Å². The predicted octanol–water partition coefficient (Wildman–Crippen LogP) is 10.6. The second-order valence-electron chi connectivity index (χ2n) is 13.2. The molecule has 42 heavy (non-hydrogen) atoms. The van der Waals surface area contributed by atoms with Gasteiger partial charge >= 0.3 is 0 Å². The summed E-state index contributed by atoms with van der Waals surface area (Å²) in [6.45, 7) is 20.8. The summed E-state index contributed by atoms with van der Waals surface area (Å²) in [4.78, 5) is 0. The highest BCUT2D eigenvalue weighted by molar-refractivity contribution is 5.73. The smallest absolute Gasteiger partial charge is 0.209 e. The Hall–Kier alpha value is -3.30. The Morgan fingerprint density at radius 3 is 1.93 bits per heavy atom. The fourth-order valence-electron chi connectivity index (χ4n) is 5.31. The van der Waals surface area contributed by atoms with Gasteiger partial charge < -0.3 is 14.2 Å². The molecule has 3 aromatic carbocycles. The van der Waals surface area contributed by atoms with E-state index in [1.165, 1.54) is 16.7 Å². The summed E-state index contributed by atoms with van der Waals surface area (Å²) >= 11 is 0. The molecule has 226 valence electrons. The van der Waals surface area contributed by atoms with Gasteiger partial charge in [0.2, 0.25) is 6.29 Å². The van der Waals surface area contributed by atoms with E-state index in [1.54, 1.807) is 0 Å².